The van der Waals surface area contributed by atoms with Crippen molar-refractivity contribution in [3.05, 3.63) is 54.1 Å². The van der Waals surface area contributed by atoms with Gasteiger partial charge in [0.1, 0.15) is 5.52 Å². The molecule has 0 spiro atoms. The predicted octanol–water partition coefficient (Wildman–Crippen LogP) is 4.30. The van der Waals surface area contributed by atoms with Crippen LogP contribution < -0.4 is 5.32 Å². The molecule has 1 aromatic heterocycles. The Kier molecular flexibility index (Phi) is 5.15. The first-order valence-corrected chi connectivity index (χ1v) is 8.76. The highest BCUT2D eigenvalue weighted by molar-refractivity contribution is 7.80. The van der Waals surface area contributed by atoms with E-state index in [9.17, 15) is 0 Å². The van der Waals surface area contributed by atoms with Gasteiger partial charge in [0.25, 0.3) is 0 Å². The Morgan fingerprint density at radius 2 is 2.04 bits per heavy atom. The van der Waals surface area contributed by atoms with Crippen molar-refractivity contribution in [2.75, 3.05) is 11.9 Å². The maximum absolute atomic E-state index is 5.61. The van der Waals surface area contributed by atoms with Crippen molar-refractivity contribution in [1.82, 2.24) is 14.5 Å². The summed E-state index contributed by atoms with van der Waals surface area (Å²) in [7, 11) is 0. The van der Waals surface area contributed by atoms with Crippen LogP contribution in [0.3, 0.4) is 0 Å². The zero-order valence-electron chi connectivity index (χ0n) is 12.9. The number of hydrogen-bond donors (Lipinski definition) is 1. The van der Waals surface area contributed by atoms with Crippen molar-refractivity contribution < 1.29 is 0 Å². The van der Waals surface area contributed by atoms with Crippen LogP contribution in [0.1, 0.15) is 18.9 Å². The van der Waals surface area contributed by atoms with Crippen LogP contribution in [0, 0.1) is 0 Å². The van der Waals surface area contributed by atoms with Gasteiger partial charge in [0.15, 0.2) is 5.11 Å². The number of nitrogens with zero attached hydrogens (tertiary/aromatic N) is 3. The van der Waals surface area contributed by atoms with Gasteiger partial charge < -0.3 is 10.2 Å². The van der Waals surface area contributed by atoms with Crippen LogP contribution in [0.2, 0.25) is 0 Å². The molecule has 118 valence electrons. The average Bonchev–Trinajstić information content (AvgIpc) is 3.03. The molecule has 6 heteroatoms. The number of rotatable bonds is 5. The second kappa shape index (κ2) is 7.48. The van der Waals surface area contributed by atoms with Crippen molar-refractivity contribution in [3.63, 3.8) is 0 Å². The monoisotopic (exact) mass is 342 g/mol. The van der Waals surface area contributed by atoms with E-state index in [0.29, 0.717) is 0 Å². The van der Waals surface area contributed by atoms with Crippen LogP contribution in [0.25, 0.3) is 10.2 Å². The van der Waals surface area contributed by atoms with Gasteiger partial charge in [-0.2, -0.15) is 0 Å². The fraction of sp³-hybridized carbons (Fsp3) is 0.235. The summed E-state index contributed by atoms with van der Waals surface area (Å²) >= 11 is 7.00. The summed E-state index contributed by atoms with van der Waals surface area (Å²) in [6, 6.07) is 16.4. The molecule has 23 heavy (non-hydrogen) atoms. The van der Waals surface area contributed by atoms with Crippen LogP contribution in [-0.4, -0.2) is 26.1 Å². The highest BCUT2D eigenvalue weighted by Gasteiger charge is 2.10. The minimum absolute atomic E-state index is 0.734. The Labute approximate surface area is 145 Å². The van der Waals surface area contributed by atoms with E-state index in [4.69, 9.17) is 12.2 Å². The molecular weight excluding hydrogens is 324 g/mol. The molecule has 0 atom stereocenters. The van der Waals surface area contributed by atoms with Crippen molar-refractivity contribution in [2.24, 2.45) is 0 Å². The van der Waals surface area contributed by atoms with Crippen LogP contribution >= 0.6 is 23.8 Å². The van der Waals surface area contributed by atoms with Gasteiger partial charge in [-0.3, -0.25) is 0 Å². The molecule has 0 amide bonds. The molecule has 0 aliphatic heterocycles. The van der Waals surface area contributed by atoms with Crippen LogP contribution in [0.4, 0.5) is 5.69 Å². The molecule has 0 saturated carbocycles. The maximum atomic E-state index is 5.61. The molecule has 0 aliphatic carbocycles. The van der Waals surface area contributed by atoms with E-state index in [2.05, 4.69) is 51.0 Å². The highest BCUT2D eigenvalue weighted by Crippen LogP contribution is 2.20. The third-order valence-electron chi connectivity index (χ3n) is 3.49. The number of nitrogens with one attached hydrogen (secondary N) is 1. The van der Waals surface area contributed by atoms with E-state index in [1.54, 1.807) is 0 Å². The van der Waals surface area contributed by atoms with Gasteiger partial charge in [-0.05, 0) is 53.9 Å². The lowest BCUT2D eigenvalue weighted by molar-refractivity contribution is 0.418. The van der Waals surface area contributed by atoms with E-state index in [1.807, 2.05) is 24.3 Å². The molecule has 3 aromatic rings. The Balaban J connectivity index is 1.72. The molecule has 0 radical (unpaired) electrons. The largest absolute Gasteiger partial charge is 0.345 e. The molecule has 0 fully saturated rings. The summed E-state index contributed by atoms with van der Waals surface area (Å²) in [5.41, 5.74) is 3.10. The summed E-state index contributed by atoms with van der Waals surface area (Å²) < 4.78 is 5.04. The summed E-state index contributed by atoms with van der Waals surface area (Å²) in [6.45, 7) is 3.88. The number of thiocarbonyl (C=S) groups is 1. The molecule has 1 N–H and O–H groups in total. The lowest BCUT2D eigenvalue weighted by atomic mass is 10.2. The zero-order valence-corrected chi connectivity index (χ0v) is 14.5. The number of anilines is 1. The van der Waals surface area contributed by atoms with E-state index in [-0.39, 0.29) is 0 Å². The first-order valence-electron chi connectivity index (χ1n) is 7.58. The van der Waals surface area contributed by atoms with Crippen molar-refractivity contribution in [3.8, 4) is 0 Å². The number of fused-ring (bicyclic) bond motifs is 1. The van der Waals surface area contributed by atoms with Gasteiger partial charge in [0.2, 0.25) is 0 Å². The zero-order chi connectivity index (χ0) is 16.1. The van der Waals surface area contributed by atoms with Gasteiger partial charge in [-0.1, -0.05) is 41.7 Å². The van der Waals surface area contributed by atoms with E-state index in [0.717, 1.165) is 40.5 Å². The molecule has 0 saturated heterocycles. The summed E-state index contributed by atoms with van der Waals surface area (Å²) in [4.78, 5) is 2.19. The first kappa shape index (κ1) is 15.8. The summed E-state index contributed by atoms with van der Waals surface area (Å²) in [5.74, 6) is 0. The lowest BCUT2D eigenvalue weighted by Crippen LogP contribution is -2.34. The molecule has 1 heterocycles. The number of aromatic nitrogens is 2. The minimum atomic E-state index is 0.734. The topological polar surface area (TPSA) is 41.0 Å². The van der Waals surface area contributed by atoms with Crippen LogP contribution in [0.5, 0.6) is 0 Å². The van der Waals surface area contributed by atoms with Gasteiger partial charge >= 0.3 is 0 Å². The molecular formula is C17H18N4S2. The minimum Gasteiger partial charge on any atom is -0.345 e. The average molecular weight is 342 g/mol. The Hall–Kier alpha value is -2.05. The summed E-state index contributed by atoms with van der Waals surface area (Å²) in [6.07, 6.45) is 1.05. The SMILES string of the molecule is CCCN(Cc1ccccc1)C(=S)Nc1ccc2snnc2c1. The molecule has 0 unspecified atom stereocenters. The predicted molar refractivity (Wildman–Crippen MR) is 101 cm³/mol. The summed E-state index contributed by atoms with van der Waals surface area (Å²) in [5, 5.41) is 8.16. The normalized spacial score (nSPS) is 10.7. The first-order chi connectivity index (χ1) is 11.3. The second-order valence-corrected chi connectivity index (χ2v) is 6.47. The maximum Gasteiger partial charge on any atom is 0.173 e. The van der Waals surface area contributed by atoms with E-state index in [1.165, 1.54) is 17.1 Å². The smallest absolute Gasteiger partial charge is 0.173 e. The number of benzene rings is 2. The fourth-order valence-corrected chi connectivity index (χ4v) is 3.20. The van der Waals surface area contributed by atoms with Gasteiger partial charge in [-0.25, -0.2) is 0 Å². The van der Waals surface area contributed by atoms with Gasteiger partial charge in [0, 0.05) is 18.8 Å². The molecule has 0 bridgehead atoms. The molecule has 4 nitrogen and oxygen atoms in total. The third kappa shape index (κ3) is 4.03. The Bertz CT molecular complexity index is 785. The van der Waals surface area contributed by atoms with Crippen LogP contribution in [-0.2, 0) is 6.54 Å². The Morgan fingerprint density at radius 1 is 1.22 bits per heavy atom. The quantitative estimate of drug-likeness (QED) is 0.700. The molecule has 0 aliphatic rings. The van der Waals surface area contributed by atoms with Crippen molar-refractivity contribution in [2.45, 2.75) is 19.9 Å². The van der Waals surface area contributed by atoms with Crippen LogP contribution in [0.15, 0.2) is 48.5 Å². The Morgan fingerprint density at radius 3 is 2.83 bits per heavy atom. The van der Waals surface area contributed by atoms with Gasteiger partial charge in [-0.15, -0.1) is 5.10 Å². The van der Waals surface area contributed by atoms with E-state index >= 15 is 0 Å². The number of hydrogen-bond acceptors (Lipinski definition) is 4. The van der Waals surface area contributed by atoms with Gasteiger partial charge in [0.05, 0.1) is 4.70 Å². The van der Waals surface area contributed by atoms with Crippen molar-refractivity contribution in [1.29, 1.82) is 0 Å². The lowest BCUT2D eigenvalue weighted by Gasteiger charge is -2.25. The fourth-order valence-electron chi connectivity index (χ4n) is 2.39. The highest BCUT2D eigenvalue weighted by atomic mass is 32.1. The van der Waals surface area contributed by atoms with Crippen molar-refractivity contribution >= 4 is 44.8 Å². The van der Waals surface area contributed by atoms with E-state index < -0.39 is 0 Å². The third-order valence-corrected chi connectivity index (χ3v) is 4.56. The molecule has 2 aromatic carbocycles. The molecule has 3 rings (SSSR count). The second-order valence-electron chi connectivity index (χ2n) is 5.29. The standard InChI is InChI=1S/C17H18N4S2/c1-2-10-21(12-13-6-4-3-5-7-13)17(22)18-14-8-9-16-15(11-14)19-20-23-16/h3-9,11H,2,10,12H2,1H3,(H,18,22).